The van der Waals surface area contributed by atoms with Gasteiger partial charge in [0.05, 0.1) is 18.6 Å². The second-order valence-corrected chi connectivity index (χ2v) is 9.50. The number of nitrogens with zero attached hydrogens (tertiary/aromatic N) is 2. The van der Waals surface area contributed by atoms with Crippen LogP contribution in [0.25, 0.3) is 0 Å². The van der Waals surface area contributed by atoms with Crippen molar-refractivity contribution < 1.29 is 21.6 Å². The fourth-order valence-electron chi connectivity index (χ4n) is 1.79. The summed E-state index contributed by atoms with van der Waals surface area (Å²) in [6, 6.07) is 5.06. The van der Waals surface area contributed by atoms with E-state index in [0.717, 1.165) is 6.26 Å². The highest BCUT2D eigenvalue weighted by molar-refractivity contribution is 7.90. The molecule has 25 heavy (non-hydrogen) atoms. The number of ether oxygens (including phenoxy) is 1. The minimum atomic E-state index is -3.93. The van der Waals surface area contributed by atoms with Gasteiger partial charge in [-0.1, -0.05) is 23.2 Å². The number of aromatic nitrogens is 2. The van der Waals surface area contributed by atoms with Crippen molar-refractivity contribution in [3.05, 3.63) is 40.0 Å². The summed E-state index contributed by atoms with van der Waals surface area (Å²) in [4.78, 5) is -0.121. The highest BCUT2D eigenvalue weighted by atomic mass is 35.5. The van der Waals surface area contributed by atoms with Crippen molar-refractivity contribution in [2.24, 2.45) is 0 Å². The SMILES string of the molecule is COc1cc(S(C)(=O)=O)nnc1CNS(=O)(=O)c1cc(Cl)cc(Cl)c1. The van der Waals surface area contributed by atoms with Gasteiger partial charge in [-0.15, -0.1) is 10.2 Å². The second kappa shape index (κ2) is 7.42. The molecule has 0 saturated carbocycles. The summed E-state index contributed by atoms with van der Waals surface area (Å²) >= 11 is 11.6. The molecule has 2 rings (SSSR count). The molecule has 0 aliphatic heterocycles. The molecule has 1 aromatic carbocycles. The Hall–Kier alpha value is -1.46. The van der Waals surface area contributed by atoms with Crippen LogP contribution in [0.5, 0.6) is 5.75 Å². The maximum atomic E-state index is 12.3. The third-order valence-corrected chi connectivity index (χ3v) is 5.76. The smallest absolute Gasteiger partial charge is 0.241 e. The summed E-state index contributed by atoms with van der Waals surface area (Å²) in [6.45, 7) is -0.271. The van der Waals surface area contributed by atoms with Crippen LogP contribution in [0.3, 0.4) is 0 Å². The lowest BCUT2D eigenvalue weighted by Gasteiger charge is -2.10. The standard InChI is InChI=1S/C13H13Cl2N3O5S2/c1-23-12-6-13(24(2,19)20)18-17-11(12)7-16-25(21,22)10-4-8(14)3-9(15)5-10/h3-6,16H,7H2,1-2H3. The number of methoxy groups -OCH3 is 1. The summed E-state index contributed by atoms with van der Waals surface area (Å²) < 4.78 is 55.0. The Morgan fingerprint density at radius 1 is 1.04 bits per heavy atom. The van der Waals surface area contributed by atoms with Gasteiger partial charge in [0, 0.05) is 22.4 Å². The molecule has 12 heteroatoms. The van der Waals surface area contributed by atoms with Gasteiger partial charge in [0.2, 0.25) is 10.0 Å². The largest absolute Gasteiger partial charge is 0.495 e. The van der Waals surface area contributed by atoms with Crippen molar-refractivity contribution in [2.75, 3.05) is 13.4 Å². The van der Waals surface area contributed by atoms with Crippen LogP contribution in [-0.2, 0) is 26.4 Å². The molecule has 1 heterocycles. The van der Waals surface area contributed by atoms with Crippen molar-refractivity contribution in [3.8, 4) is 5.75 Å². The number of halogens is 2. The molecular weight excluding hydrogens is 413 g/mol. The lowest BCUT2D eigenvalue weighted by molar-refractivity contribution is 0.401. The summed E-state index contributed by atoms with van der Waals surface area (Å²) in [5.74, 6) is 0.0854. The monoisotopic (exact) mass is 425 g/mol. The molecule has 136 valence electrons. The Balaban J connectivity index is 2.28. The molecule has 0 unspecified atom stereocenters. The third kappa shape index (κ3) is 5.02. The Bertz CT molecular complexity index is 990. The zero-order valence-corrected chi connectivity index (χ0v) is 16.2. The molecule has 0 atom stereocenters. The Labute approximate surface area is 155 Å². The number of hydrogen-bond donors (Lipinski definition) is 1. The normalized spacial score (nSPS) is 12.2. The number of sulfone groups is 1. The van der Waals surface area contributed by atoms with E-state index >= 15 is 0 Å². The van der Waals surface area contributed by atoms with Gasteiger partial charge >= 0.3 is 0 Å². The van der Waals surface area contributed by atoms with Crippen molar-refractivity contribution in [2.45, 2.75) is 16.5 Å². The molecular formula is C13H13Cl2N3O5S2. The van der Waals surface area contributed by atoms with Crippen LogP contribution >= 0.6 is 23.2 Å². The topological polar surface area (TPSA) is 115 Å². The summed E-state index contributed by atoms with van der Waals surface area (Å²) in [7, 11) is -6.19. The van der Waals surface area contributed by atoms with E-state index < -0.39 is 19.9 Å². The van der Waals surface area contributed by atoms with E-state index in [-0.39, 0.29) is 38.0 Å². The molecule has 1 aromatic heterocycles. The van der Waals surface area contributed by atoms with Crippen LogP contribution in [0, 0.1) is 0 Å². The first kappa shape index (κ1) is 19.9. The quantitative estimate of drug-likeness (QED) is 0.747. The van der Waals surface area contributed by atoms with Gasteiger partial charge < -0.3 is 4.74 Å². The number of sulfonamides is 1. The summed E-state index contributed by atoms with van der Waals surface area (Å²) in [5.41, 5.74) is 0.117. The number of rotatable bonds is 6. The maximum absolute atomic E-state index is 12.3. The Morgan fingerprint density at radius 3 is 2.16 bits per heavy atom. The molecule has 0 fully saturated rings. The van der Waals surface area contributed by atoms with E-state index in [4.69, 9.17) is 27.9 Å². The fraction of sp³-hybridized carbons (Fsp3) is 0.231. The number of nitrogens with one attached hydrogen (secondary N) is 1. The highest BCUT2D eigenvalue weighted by Gasteiger charge is 2.19. The van der Waals surface area contributed by atoms with E-state index in [1.165, 1.54) is 31.4 Å². The van der Waals surface area contributed by atoms with E-state index in [1.807, 2.05) is 0 Å². The summed E-state index contributed by atoms with van der Waals surface area (Å²) in [6.07, 6.45) is 0.974. The minimum Gasteiger partial charge on any atom is -0.495 e. The second-order valence-electron chi connectivity index (χ2n) is 4.90. The van der Waals surface area contributed by atoms with Gasteiger partial charge in [0.25, 0.3) is 0 Å². The first-order valence-electron chi connectivity index (χ1n) is 6.59. The molecule has 0 bridgehead atoms. The first-order chi connectivity index (χ1) is 11.5. The van der Waals surface area contributed by atoms with Gasteiger partial charge in [-0.05, 0) is 18.2 Å². The van der Waals surface area contributed by atoms with Crippen LogP contribution in [-0.4, -0.2) is 40.4 Å². The molecule has 0 aliphatic rings. The van der Waals surface area contributed by atoms with E-state index in [9.17, 15) is 16.8 Å². The van der Waals surface area contributed by atoms with E-state index in [2.05, 4.69) is 14.9 Å². The van der Waals surface area contributed by atoms with Crippen LogP contribution in [0.2, 0.25) is 10.0 Å². The van der Waals surface area contributed by atoms with Gasteiger partial charge in [-0.3, -0.25) is 0 Å². The molecule has 0 saturated heterocycles. The van der Waals surface area contributed by atoms with Gasteiger partial charge in [-0.2, -0.15) is 0 Å². The van der Waals surface area contributed by atoms with Gasteiger partial charge in [0.15, 0.2) is 14.9 Å². The average Bonchev–Trinajstić information content (AvgIpc) is 2.51. The Morgan fingerprint density at radius 2 is 1.64 bits per heavy atom. The predicted molar refractivity (Wildman–Crippen MR) is 92.2 cm³/mol. The van der Waals surface area contributed by atoms with Crippen LogP contribution in [0.1, 0.15) is 5.69 Å². The van der Waals surface area contributed by atoms with Crippen LogP contribution in [0.15, 0.2) is 34.2 Å². The molecule has 0 radical (unpaired) electrons. The predicted octanol–water partition coefficient (Wildman–Crippen LogP) is 1.67. The summed E-state index contributed by atoms with van der Waals surface area (Å²) in [5, 5.41) is 7.34. The number of hydrogen-bond acceptors (Lipinski definition) is 7. The van der Waals surface area contributed by atoms with Crippen molar-refractivity contribution in [1.29, 1.82) is 0 Å². The molecule has 8 nitrogen and oxygen atoms in total. The Kier molecular flexibility index (Phi) is 5.89. The molecule has 0 amide bonds. The minimum absolute atomic E-state index is 0.0854. The van der Waals surface area contributed by atoms with Gasteiger partial charge in [-0.25, -0.2) is 21.6 Å². The highest BCUT2D eigenvalue weighted by Crippen LogP contribution is 2.23. The van der Waals surface area contributed by atoms with E-state index in [1.54, 1.807) is 0 Å². The lowest BCUT2D eigenvalue weighted by atomic mass is 10.3. The average molecular weight is 426 g/mol. The molecule has 2 aromatic rings. The molecule has 0 aliphatic carbocycles. The van der Waals surface area contributed by atoms with Crippen molar-refractivity contribution in [1.82, 2.24) is 14.9 Å². The number of benzene rings is 1. The molecule has 1 N–H and O–H groups in total. The van der Waals surface area contributed by atoms with Crippen molar-refractivity contribution >= 4 is 43.1 Å². The molecule has 0 spiro atoms. The van der Waals surface area contributed by atoms with E-state index in [0.29, 0.717) is 0 Å². The van der Waals surface area contributed by atoms with Crippen molar-refractivity contribution in [3.63, 3.8) is 0 Å². The first-order valence-corrected chi connectivity index (χ1v) is 10.7. The van der Waals surface area contributed by atoms with Gasteiger partial charge in [0.1, 0.15) is 11.4 Å². The zero-order chi connectivity index (χ0) is 18.8. The zero-order valence-electron chi connectivity index (χ0n) is 13.0. The van der Waals surface area contributed by atoms with Crippen LogP contribution < -0.4 is 9.46 Å². The fourth-order valence-corrected chi connectivity index (χ4v) is 4.02. The third-order valence-electron chi connectivity index (χ3n) is 2.98. The maximum Gasteiger partial charge on any atom is 0.241 e. The lowest BCUT2D eigenvalue weighted by Crippen LogP contribution is -2.24. The van der Waals surface area contributed by atoms with Crippen LogP contribution in [0.4, 0.5) is 0 Å².